The lowest BCUT2D eigenvalue weighted by molar-refractivity contribution is -0.137. The third kappa shape index (κ3) is 2.98. The monoisotopic (exact) mass is 275 g/mol. The second kappa shape index (κ2) is 5.22. The van der Waals surface area contributed by atoms with Crippen LogP contribution in [0.3, 0.4) is 0 Å². The Morgan fingerprint density at radius 1 is 1.33 bits per heavy atom. The first-order valence-corrected chi connectivity index (χ1v) is 6.50. The molecular formula is C12H12F3NOS. The Hall–Kier alpha value is -1.17. The smallest absolute Gasteiger partial charge is 0.416 e. The molecule has 1 heterocycles. The summed E-state index contributed by atoms with van der Waals surface area (Å²) in [5.74, 6) is 0.685. The van der Waals surface area contributed by atoms with Gasteiger partial charge in [-0.15, -0.1) is 0 Å². The van der Waals surface area contributed by atoms with Gasteiger partial charge in [0.1, 0.15) is 6.10 Å². The molecule has 0 bridgehead atoms. The largest absolute Gasteiger partial charge is 0.464 e. The van der Waals surface area contributed by atoms with Crippen LogP contribution in [0.15, 0.2) is 29.3 Å². The summed E-state index contributed by atoms with van der Waals surface area (Å²) in [6.07, 6.45) is -4.50. The number of halogens is 3. The summed E-state index contributed by atoms with van der Waals surface area (Å²) in [4.78, 5) is 4.13. The molecule has 0 saturated carbocycles. The molecule has 2 rings (SSSR count). The van der Waals surface area contributed by atoms with Gasteiger partial charge in [-0.05, 0) is 24.6 Å². The lowest BCUT2D eigenvalue weighted by atomic mass is 10.1. The maximum absolute atomic E-state index is 12.4. The van der Waals surface area contributed by atoms with E-state index in [1.165, 1.54) is 23.9 Å². The Balaban J connectivity index is 2.10. The lowest BCUT2D eigenvalue weighted by Gasteiger charge is -2.11. The third-order valence-corrected chi connectivity index (χ3v) is 3.44. The average molecular weight is 275 g/mol. The van der Waals surface area contributed by atoms with Crippen LogP contribution in [0.4, 0.5) is 13.2 Å². The number of nitrogens with zero attached hydrogens (tertiary/aromatic N) is 1. The SMILES string of the molecule is CCN=C1OC(c2ccc(C(F)(F)F)cc2)CS1. The van der Waals surface area contributed by atoms with E-state index in [1.54, 1.807) is 0 Å². The molecule has 0 aliphatic carbocycles. The maximum atomic E-state index is 12.4. The van der Waals surface area contributed by atoms with E-state index in [4.69, 9.17) is 4.74 Å². The fourth-order valence-corrected chi connectivity index (χ4v) is 2.56. The predicted octanol–water partition coefficient (Wildman–Crippen LogP) is 3.89. The Morgan fingerprint density at radius 2 is 2.00 bits per heavy atom. The molecule has 0 amide bonds. The molecule has 1 aliphatic rings. The number of thioether (sulfide) groups is 1. The number of hydrogen-bond acceptors (Lipinski definition) is 3. The standard InChI is InChI=1S/C12H12F3NOS/c1-2-16-11-17-10(7-18-11)8-3-5-9(6-4-8)12(13,14)15/h3-6,10H,2,7H2,1H3. The fourth-order valence-electron chi connectivity index (χ4n) is 1.60. The van der Waals surface area contributed by atoms with Crippen molar-refractivity contribution in [3.63, 3.8) is 0 Å². The summed E-state index contributed by atoms with van der Waals surface area (Å²) in [6.45, 7) is 2.55. The Kier molecular flexibility index (Phi) is 3.85. The van der Waals surface area contributed by atoms with Gasteiger partial charge in [0.15, 0.2) is 0 Å². The molecule has 1 aromatic rings. The predicted molar refractivity (Wildman–Crippen MR) is 65.7 cm³/mol. The normalized spacial score (nSPS) is 22.2. The molecule has 0 radical (unpaired) electrons. The van der Waals surface area contributed by atoms with E-state index in [1.807, 2.05) is 6.92 Å². The van der Waals surface area contributed by atoms with Gasteiger partial charge >= 0.3 is 6.18 Å². The summed E-state index contributed by atoms with van der Waals surface area (Å²) >= 11 is 1.49. The molecule has 6 heteroatoms. The number of alkyl halides is 3. The zero-order valence-corrected chi connectivity index (χ0v) is 10.5. The zero-order valence-electron chi connectivity index (χ0n) is 9.70. The topological polar surface area (TPSA) is 21.6 Å². The highest BCUT2D eigenvalue weighted by Gasteiger charge is 2.31. The van der Waals surface area contributed by atoms with Gasteiger partial charge < -0.3 is 4.74 Å². The van der Waals surface area contributed by atoms with Crippen LogP contribution in [0.1, 0.15) is 24.2 Å². The summed E-state index contributed by atoms with van der Waals surface area (Å²) in [7, 11) is 0. The van der Waals surface area contributed by atoms with E-state index in [-0.39, 0.29) is 6.10 Å². The van der Waals surface area contributed by atoms with E-state index in [9.17, 15) is 13.2 Å². The molecule has 1 saturated heterocycles. The molecule has 18 heavy (non-hydrogen) atoms. The van der Waals surface area contributed by atoms with Crippen molar-refractivity contribution >= 4 is 17.0 Å². The molecule has 0 spiro atoms. The summed E-state index contributed by atoms with van der Waals surface area (Å²) in [6, 6.07) is 5.09. The Labute approximate surface area is 107 Å². The summed E-state index contributed by atoms with van der Waals surface area (Å²) in [5.41, 5.74) is 0.108. The van der Waals surface area contributed by atoms with Crippen molar-refractivity contribution in [3.8, 4) is 0 Å². The van der Waals surface area contributed by atoms with E-state index >= 15 is 0 Å². The molecule has 1 aromatic carbocycles. The Bertz CT molecular complexity index is 442. The number of rotatable bonds is 2. The zero-order chi connectivity index (χ0) is 13.2. The second-order valence-corrected chi connectivity index (χ2v) is 4.75. The number of ether oxygens (including phenoxy) is 1. The first kappa shape index (κ1) is 13.3. The maximum Gasteiger partial charge on any atom is 0.416 e. The van der Waals surface area contributed by atoms with Crippen LogP contribution in [0.25, 0.3) is 0 Å². The highest BCUT2D eigenvalue weighted by molar-refractivity contribution is 8.13. The fraction of sp³-hybridized carbons (Fsp3) is 0.417. The van der Waals surface area contributed by atoms with E-state index in [0.717, 1.165) is 17.7 Å². The van der Waals surface area contributed by atoms with E-state index < -0.39 is 11.7 Å². The van der Waals surface area contributed by atoms with Crippen LogP contribution in [0.5, 0.6) is 0 Å². The average Bonchev–Trinajstić information content (AvgIpc) is 2.77. The van der Waals surface area contributed by atoms with Gasteiger partial charge in [-0.3, -0.25) is 0 Å². The summed E-state index contributed by atoms with van der Waals surface area (Å²) in [5, 5.41) is 0.613. The second-order valence-electron chi connectivity index (χ2n) is 3.78. The van der Waals surface area contributed by atoms with E-state index in [0.29, 0.717) is 17.5 Å². The highest BCUT2D eigenvalue weighted by atomic mass is 32.2. The third-order valence-electron chi connectivity index (χ3n) is 2.50. The van der Waals surface area contributed by atoms with E-state index in [2.05, 4.69) is 4.99 Å². The first-order chi connectivity index (χ1) is 8.50. The first-order valence-electron chi connectivity index (χ1n) is 5.51. The molecule has 1 unspecified atom stereocenters. The van der Waals surface area contributed by atoms with Crippen LogP contribution in [-0.4, -0.2) is 17.5 Å². The van der Waals surface area contributed by atoms with Gasteiger partial charge in [-0.25, -0.2) is 4.99 Å². The van der Waals surface area contributed by atoms with Gasteiger partial charge in [0.2, 0.25) is 5.23 Å². The number of aliphatic imine (C=N–C) groups is 1. The van der Waals surface area contributed by atoms with Crippen molar-refractivity contribution in [2.45, 2.75) is 19.2 Å². The minimum atomic E-state index is -4.29. The molecule has 1 atom stereocenters. The quantitative estimate of drug-likeness (QED) is 0.816. The van der Waals surface area contributed by atoms with Gasteiger partial charge in [-0.2, -0.15) is 13.2 Å². The Morgan fingerprint density at radius 3 is 2.56 bits per heavy atom. The molecule has 1 aliphatic heterocycles. The van der Waals surface area contributed by atoms with Crippen molar-refractivity contribution in [1.29, 1.82) is 0 Å². The number of hydrogen-bond donors (Lipinski definition) is 0. The minimum absolute atomic E-state index is 0.206. The summed E-state index contributed by atoms with van der Waals surface area (Å²) < 4.78 is 42.8. The van der Waals surface area contributed by atoms with Crippen LogP contribution < -0.4 is 0 Å². The van der Waals surface area contributed by atoms with Gasteiger partial charge in [0, 0.05) is 12.3 Å². The van der Waals surface area contributed by atoms with Gasteiger partial charge in [0.25, 0.3) is 0 Å². The molecule has 1 fully saturated rings. The molecular weight excluding hydrogens is 263 g/mol. The van der Waals surface area contributed by atoms with Crippen molar-refractivity contribution in [1.82, 2.24) is 0 Å². The van der Waals surface area contributed by atoms with Crippen LogP contribution in [0, 0.1) is 0 Å². The van der Waals surface area contributed by atoms with Gasteiger partial charge in [-0.1, -0.05) is 23.9 Å². The van der Waals surface area contributed by atoms with Crippen LogP contribution in [-0.2, 0) is 10.9 Å². The minimum Gasteiger partial charge on any atom is -0.464 e. The molecule has 98 valence electrons. The van der Waals surface area contributed by atoms with Gasteiger partial charge in [0.05, 0.1) is 5.56 Å². The molecule has 0 aromatic heterocycles. The van der Waals surface area contributed by atoms with Crippen molar-refractivity contribution in [3.05, 3.63) is 35.4 Å². The van der Waals surface area contributed by atoms with Crippen LogP contribution >= 0.6 is 11.8 Å². The van der Waals surface area contributed by atoms with Crippen molar-refractivity contribution < 1.29 is 17.9 Å². The van der Waals surface area contributed by atoms with Crippen LogP contribution in [0.2, 0.25) is 0 Å². The molecule has 2 nitrogen and oxygen atoms in total. The van der Waals surface area contributed by atoms with Crippen molar-refractivity contribution in [2.75, 3.05) is 12.3 Å². The highest BCUT2D eigenvalue weighted by Crippen LogP contribution is 2.34. The molecule has 0 N–H and O–H groups in total. The lowest BCUT2D eigenvalue weighted by Crippen LogP contribution is -2.06. The van der Waals surface area contributed by atoms with Crippen molar-refractivity contribution in [2.24, 2.45) is 4.99 Å². The number of benzene rings is 1.